The molecule has 2 nitrogen and oxygen atoms in total. The zero-order chi connectivity index (χ0) is 8.48. The number of hydrogen-bond acceptors (Lipinski definition) is 2. The minimum atomic E-state index is -0.188. The monoisotopic (exact) mass is 151 g/mol. The van der Waals surface area contributed by atoms with E-state index in [1.165, 1.54) is 0 Å². The molecule has 1 unspecified atom stereocenters. The summed E-state index contributed by atoms with van der Waals surface area (Å²) in [7, 11) is 0. The molecule has 0 saturated heterocycles. The van der Waals surface area contributed by atoms with Crippen molar-refractivity contribution in [2.75, 3.05) is 0 Å². The molecule has 0 aromatic carbocycles. The van der Waals surface area contributed by atoms with Crippen LogP contribution in [0.3, 0.4) is 0 Å². The van der Waals surface area contributed by atoms with E-state index in [2.05, 4.69) is 4.99 Å². The third-order valence-corrected chi connectivity index (χ3v) is 1.67. The lowest BCUT2D eigenvalue weighted by molar-refractivity contribution is -0.117. The predicted octanol–water partition coefficient (Wildman–Crippen LogP) is 1.61. The number of nitrogens with zero attached hydrogens (tertiary/aromatic N) is 1. The summed E-state index contributed by atoms with van der Waals surface area (Å²) in [5, 5.41) is 0. The maximum atomic E-state index is 11.2. The van der Waals surface area contributed by atoms with Crippen LogP contribution in [-0.4, -0.2) is 18.0 Å². The first kappa shape index (κ1) is 8.18. The predicted molar refractivity (Wildman–Crippen MR) is 45.9 cm³/mol. The van der Waals surface area contributed by atoms with Crippen molar-refractivity contribution >= 4 is 12.0 Å². The van der Waals surface area contributed by atoms with E-state index in [0.717, 1.165) is 0 Å². The lowest BCUT2D eigenvalue weighted by atomic mass is 9.84. The molecule has 1 rings (SSSR count). The number of carbonyl (C=O) groups is 1. The Morgan fingerprint density at radius 3 is 2.45 bits per heavy atom. The number of hydrogen-bond donors (Lipinski definition) is 0. The molecule has 0 fully saturated rings. The van der Waals surface area contributed by atoms with Gasteiger partial charge >= 0.3 is 0 Å². The molecule has 1 heterocycles. The molecule has 1 aliphatic rings. The van der Waals surface area contributed by atoms with E-state index in [1.807, 2.05) is 20.8 Å². The first-order chi connectivity index (χ1) is 5.02. The van der Waals surface area contributed by atoms with E-state index in [4.69, 9.17) is 0 Å². The fourth-order valence-corrected chi connectivity index (χ4v) is 1.09. The van der Waals surface area contributed by atoms with Gasteiger partial charge in [0.2, 0.25) is 0 Å². The summed E-state index contributed by atoms with van der Waals surface area (Å²) >= 11 is 0. The summed E-state index contributed by atoms with van der Waals surface area (Å²) in [5.74, 6) is 0.111. The first-order valence-corrected chi connectivity index (χ1v) is 3.75. The van der Waals surface area contributed by atoms with Gasteiger partial charge in [-0.1, -0.05) is 20.8 Å². The maximum absolute atomic E-state index is 11.2. The number of dihydropyridines is 1. The van der Waals surface area contributed by atoms with Gasteiger partial charge in [0, 0.05) is 6.21 Å². The smallest absolute Gasteiger partial charge is 0.180 e. The van der Waals surface area contributed by atoms with Gasteiger partial charge in [-0.15, -0.1) is 0 Å². The van der Waals surface area contributed by atoms with Crippen LogP contribution in [0.5, 0.6) is 0 Å². The molecule has 11 heavy (non-hydrogen) atoms. The molecule has 60 valence electrons. The number of allylic oxidation sites excluding steroid dienone is 1. The van der Waals surface area contributed by atoms with Gasteiger partial charge in [-0.3, -0.25) is 9.79 Å². The minimum absolute atomic E-state index is 0.0572. The van der Waals surface area contributed by atoms with Gasteiger partial charge in [-0.05, 0) is 17.6 Å². The van der Waals surface area contributed by atoms with Crippen molar-refractivity contribution in [2.45, 2.75) is 26.8 Å². The molecule has 0 N–H and O–H groups in total. The summed E-state index contributed by atoms with van der Waals surface area (Å²) in [6, 6.07) is -0.188. The molecule has 0 spiro atoms. The number of aliphatic imine (C=N–C) groups is 1. The molecule has 0 saturated carbocycles. The van der Waals surface area contributed by atoms with E-state index in [9.17, 15) is 4.79 Å². The van der Waals surface area contributed by atoms with Crippen LogP contribution < -0.4 is 0 Å². The summed E-state index contributed by atoms with van der Waals surface area (Å²) < 4.78 is 0. The normalized spacial score (nSPS) is 24.3. The van der Waals surface area contributed by atoms with E-state index in [-0.39, 0.29) is 17.2 Å². The molecule has 0 radical (unpaired) electrons. The zero-order valence-electron chi connectivity index (χ0n) is 7.16. The standard InChI is InChI=1S/C9H13NO/c1-9(2,3)8-7(11)5-4-6-10-8/h4-6,8H,1-3H3. The third kappa shape index (κ3) is 1.76. The Kier molecular flexibility index (Phi) is 1.94. The molecular weight excluding hydrogens is 138 g/mol. The summed E-state index contributed by atoms with van der Waals surface area (Å²) in [4.78, 5) is 15.4. The summed E-state index contributed by atoms with van der Waals surface area (Å²) in [6.07, 6.45) is 4.96. The van der Waals surface area contributed by atoms with Crippen molar-refractivity contribution in [1.82, 2.24) is 0 Å². The van der Waals surface area contributed by atoms with Crippen LogP contribution in [0.2, 0.25) is 0 Å². The van der Waals surface area contributed by atoms with Crippen LogP contribution in [0.1, 0.15) is 20.8 Å². The molecule has 1 aliphatic heterocycles. The van der Waals surface area contributed by atoms with Gasteiger partial charge < -0.3 is 0 Å². The van der Waals surface area contributed by atoms with E-state index in [0.29, 0.717) is 0 Å². The molecule has 2 heteroatoms. The molecule has 1 atom stereocenters. The van der Waals surface area contributed by atoms with E-state index < -0.39 is 0 Å². The number of ketones is 1. The molecule has 0 aliphatic carbocycles. The Bertz CT molecular complexity index is 220. The average molecular weight is 151 g/mol. The Labute approximate surface area is 67.0 Å². The van der Waals surface area contributed by atoms with Crippen molar-refractivity contribution < 1.29 is 4.79 Å². The zero-order valence-corrected chi connectivity index (χ0v) is 7.16. The fourth-order valence-electron chi connectivity index (χ4n) is 1.09. The lowest BCUT2D eigenvalue weighted by Crippen LogP contribution is -2.33. The minimum Gasteiger partial charge on any atom is -0.292 e. The Morgan fingerprint density at radius 2 is 2.09 bits per heavy atom. The highest BCUT2D eigenvalue weighted by atomic mass is 16.1. The third-order valence-electron chi connectivity index (χ3n) is 1.67. The van der Waals surface area contributed by atoms with Crippen LogP contribution in [0.15, 0.2) is 17.1 Å². The average Bonchev–Trinajstić information content (AvgIpc) is 1.86. The topological polar surface area (TPSA) is 29.4 Å². The van der Waals surface area contributed by atoms with Gasteiger partial charge in [0.15, 0.2) is 5.78 Å². The van der Waals surface area contributed by atoms with Crippen molar-refractivity contribution in [2.24, 2.45) is 10.4 Å². The van der Waals surface area contributed by atoms with Crippen LogP contribution in [-0.2, 0) is 4.79 Å². The highest BCUT2D eigenvalue weighted by Crippen LogP contribution is 2.24. The lowest BCUT2D eigenvalue weighted by Gasteiger charge is -2.25. The molecule has 0 aromatic rings. The van der Waals surface area contributed by atoms with Gasteiger partial charge in [-0.2, -0.15) is 0 Å². The van der Waals surface area contributed by atoms with Gasteiger partial charge in [0.1, 0.15) is 6.04 Å². The second-order valence-electron chi connectivity index (χ2n) is 3.83. The second kappa shape index (κ2) is 2.61. The maximum Gasteiger partial charge on any atom is 0.180 e. The SMILES string of the molecule is CC(C)(C)C1N=CC=CC1=O. The van der Waals surface area contributed by atoms with Gasteiger partial charge in [-0.25, -0.2) is 0 Å². The molecular formula is C9H13NO. The second-order valence-corrected chi connectivity index (χ2v) is 3.83. The van der Waals surface area contributed by atoms with Gasteiger partial charge in [0.25, 0.3) is 0 Å². The number of rotatable bonds is 0. The Morgan fingerprint density at radius 1 is 1.45 bits per heavy atom. The van der Waals surface area contributed by atoms with Crippen LogP contribution in [0, 0.1) is 5.41 Å². The van der Waals surface area contributed by atoms with Crippen molar-refractivity contribution in [1.29, 1.82) is 0 Å². The summed E-state index contributed by atoms with van der Waals surface area (Å²) in [5.41, 5.74) is -0.0572. The van der Waals surface area contributed by atoms with Crippen molar-refractivity contribution in [3.05, 3.63) is 12.2 Å². The number of carbonyl (C=O) groups excluding carboxylic acids is 1. The molecule has 0 bridgehead atoms. The fraction of sp³-hybridized carbons (Fsp3) is 0.556. The summed E-state index contributed by atoms with van der Waals surface area (Å²) in [6.45, 7) is 6.06. The molecule has 0 aromatic heterocycles. The largest absolute Gasteiger partial charge is 0.292 e. The van der Waals surface area contributed by atoms with Crippen LogP contribution in [0.4, 0.5) is 0 Å². The van der Waals surface area contributed by atoms with E-state index in [1.54, 1.807) is 18.4 Å². The van der Waals surface area contributed by atoms with Crippen molar-refractivity contribution in [3.63, 3.8) is 0 Å². The quantitative estimate of drug-likeness (QED) is 0.517. The van der Waals surface area contributed by atoms with Crippen molar-refractivity contribution in [3.8, 4) is 0 Å². The van der Waals surface area contributed by atoms with Crippen LogP contribution >= 0.6 is 0 Å². The van der Waals surface area contributed by atoms with E-state index >= 15 is 0 Å². The van der Waals surface area contributed by atoms with Crippen LogP contribution in [0.25, 0.3) is 0 Å². The Hall–Kier alpha value is -0.920. The Balaban J connectivity index is 2.82. The highest BCUT2D eigenvalue weighted by molar-refractivity contribution is 6.01. The van der Waals surface area contributed by atoms with Gasteiger partial charge in [0.05, 0.1) is 0 Å². The highest BCUT2D eigenvalue weighted by Gasteiger charge is 2.29. The molecule has 0 amide bonds. The first-order valence-electron chi connectivity index (χ1n) is 3.75.